The molecule has 1 heterocycles. The maximum Gasteiger partial charge on any atom is 0.262 e. The van der Waals surface area contributed by atoms with Crippen molar-refractivity contribution in [2.45, 2.75) is 29.6 Å². The average Bonchev–Trinajstić information content (AvgIpc) is 2.97. The largest absolute Gasteiger partial charge is 0.493 e. The van der Waals surface area contributed by atoms with Gasteiger partial charge in [0.1, 0.15) is 0 Å². The Kier molecular flexibility index (Phi) is 9.53. The molecule has 3 aromatic carbocycles. The topological polar surface area (TPSA) is 152 Å². The molecule has 3 N–H and O–H groups in total. The third-order valence-electron chi connectivity index (χ3n) is 6.19. The zero-order chi connectivity index (χ0) is 29.6. The van der Waals surface area contributed by atoms with Gasteiger partial charge in [-0.2, -0.15) is 0 Å². The number of para-hydroxylation sites is 1. The number of carbonyl (C=O) groups is 1. The molecule has 216 valence electrons. The second kappa shape index (κ2) is 13.1. The van der Waals surface area contributed by atoms with Gasteiger partial charge in [0.2, 0.25) is 21.7 Å². The summed E-state index contributed by atoms with van der Waals surface area (Å²) < 4.78 is 40.7. The van der Waals surface area contributed by atoms with Crippen molar-refractivity contribution in [1.29, 1.82) is 0 Å². The molecule has 0 aliphatic rings. The zero-order valence-corrected chi connectivity index (χ0v) is 24.4. The van der Waals surface area contributed by atoms with Gasteiger partial charge < -0.3 is 19.5 Å². The lowest BCUT2D eigenvalue weighted by Gasteiger charge is -2.16. The summed E-state index contributed by atoms with van der Waals surface area (Å²) in [4.78, 5) is 30.8. The number of aromatic nitrogens is 2. The van der Waals surface area contributed by atoms with Gasteiger partial charge in [0, 0.05) is 18.7 Å². The fraction of sp³-hybridized carbons (Fsp3) is 0.250. The van der Waals surface area contributed by atoms with Crippen LogP contribution in [0.1, 0.15) is 17.5 Å². The predicted molar refractivity (Wildman–Crippen MR) is 156 cm³/mol. The summed E-state index contributed by atoms with van der Waals surface area (Å²) in [7, 11) is 0.791. The van der Waals surface area contributed by atoms with Gasteiger partial charge in [-0.05, 0) is 47.5 Å². The fourth-order valence-corrected chi connectivity index (χ4v) is 5.58. The van der Waals surface area contributed by atoms with Crippen molar-refractivity contribution in [2.24, 2.45) is 5.14 Å². The summed E-state index contributed by atoms with van der Waals surface area (Å²) >= 11 is 1.30. The second-order valence-corrected chi connectivity index (χ2v) is 11.5. The summed E-state index contributed by atoms with van der Waals surface area (Å²) in [6.07, 6.45) is 0.173. The number of methoxy groups -OCH3 is 3. The lowest BCUT2D eigenvalue weighted by atomic mass is 10.1. The fourth-order valence-electron chi connectivity index (χ4n) is 4.13. The van der Waals surface area contributed by atoms with E-state index in [0.717, 1.165) is 11.1 Å². The Balaban J connectivity index is 1.50. The van der Waals surface area contributed by atoms with E-state index in [-0.39, 0.29) is 35.9 Å². The maximum absolute atomic E-state index is 13.5. The number of hydrogen-bond donors (Lipinski definition) is 2. The summed E-state index contributed by atoms with van der Waals surface area (Å²) in [6, 6.07) is 16.6. The molecule has 0 aliphatic heterocycles. The van der Waals surface area contributed by atoms with E-state index in [1.807, 2.05) is 6.07 Å². The van der Waals surface area contributed by atoms with Gasteiger partial charge in [0.25, 0.3) is 5.56 Å². The number of sulfonamides is 1. The van der Waals surface area contributed by atoms with Crippen LogP contribution in [0.3, 0.4) is 0 Å². The lowest BCUT2D eigenvalue weighted by Crippen LogP contribution is -2.25. The molecule has 0 unspecified atom stereocenters. The number of benzene rings is 3. The van der Waals surface area contributed by atoms with E-state index in [0.29, 0.717) is 39.1 Å². The van der Waals surface area contributed by atoms with E-state index in [4.69, 9.17) is 24.3 Å². The molecule has 0 saturated carbocycles. The number of amides is 1. The van der Waals surface area contributed by atoms with Crippen molar-refractivity contribution in [3.8, 4) is 17.2 Å². The van der Waals surface area contributed by atoms with Crippen LogP contribution in [0.15, 0.2) is 75.5 Å². The Morgan fingerprint density at radius 2 is 1.63 bits per heavy atom. The summed E-state index contributed by atoms with van der Waals surface area (Å²) in [6.45, 7) is 0.422. The van der Waals surface area contributed by atoms with Gasteiger partial charge in [-0.1, -0.05) is 36.0 Å². The van der Waals surface area contributed by atoms with Crippen molar-refractivity contribution in [1.82, 2.24) is 14.9 Å². The first-order valence-corrected chi connectivity index (χ1v) is 15.0. The van der Waals surface area contributed by atoms with E-state index < -0.39 is 10.0 Å². The lowest BCUT2D eigenvalue weighted by molar-refractivity contribution is -0.120. The number of nitrogens with zero attached hydrogens (tertiary/aromatic N) is 2. The molecule has 4 aromatic rings. The maximum atomic E-state index is 13.5. The number of thioether (sulfide) groups is 1. The van der Waals surface area contributed by atoms with Gasteiger partial charge in [0.05, 0.1) is 43.7 Å². The van der Waals surface area contributed by atoms with Crippen molar-refractivity contribution in [3.63, 3.8) is 0 Å². The van der Waals surface area contributed by atoms with Gasteiger partial charge >= 0.3 is 0 Å². The Morgan fingerprint density at radius 3 is 2.24 bits per heavy atom. The van der Waals surface area contributed by atoms with E-state index in [1.54, 1.807) is 47.0 Å². The van der Waals surface area contributed by atoms with Crippen LogP contribution in [-0.2, 0) is 27.9 Å². The number of nitrogens with one attached hydrogen (secondary N) is 1. The molecule has 41 heavy (non-hydrogen) atoms. The molecule has 0 spiro atoms. The van der Waals surface area contributed by atoms with Crippen LogP contribution in [-0.4, -0.2) is 51.0 Å². The van der Waals surface area contributed by atoms with Gasteiger partial charge in [0.15, 0.2) is 16.7 Å². The molecular formula is C28H30N4O7S2. The average molecular weight is 599 g/mol. The van der Waals surface area contributed by atoms with Crippen molar-refractivity contribution < 1.29 is 27.4 Å². The molecule has 0 aliphatic carbocycles. The second-order valence-electron chi connectivity index (χ2n) is 8.90. The number of carbonyl (C=O) groups excluding carboxylic acids is 1. The van der Waals surface area contributed by atoms with E-state index in [2.05, 4.69) is 5.32 Å². The molecule has 11 nitrogen and oxygen atoms in total. The Morgan fingerprint density at radius 1 is 0.976 bits per heavy atom. The molecule has 0 saturated heterocycles. The first kappa shape index (κ1) is 29.9. The Hall–Kier alpha value is -4.07. The summed E-state index contributed by atoms with van der Waals surface area (Å²) in [5, 5.41) is 8.88. The minimum atomic E-state index is -3.78. The number of nitrogens with two attached hydrogens (primary N) is 1. The predicted octanol–water partition coefficient (Wildman–Crippen LogP) is 2.92. The normalized spacial score (nSPS) is 11.3. The molecular weight excluding hydrogens is 568 g/mol. The minimum Gasteiger partial charge on any atom is -0.493 e. The van der Waals surface area contributed by atoms with Crippen LogP contribution in [0.4, 0.5) is 0 Å². The Labute approximate surface area is 241 Å². The van der Waals surface area contributed by atoms with Crippen LogP contribution in [0.25, 0.3) is 10.9 Å². The Bertz CT molecular complexity index is 1700. The highest BCUT2D eigenvalue weighted by Gasteiger charge is 2.17. The highest BCUT2D eigenvalue weighted by atomic mass is 32.2. The highest BCUT2D eigenvalue weighted by molar-refractivity contribution is 7.99. The van der Waals surface area contributed by atoms with Crippen molar-refractivity contribution >= 4 is 38.6 Å². The quantitative estimate of drug-likeness (QED) is 0.185. The number of rotatable bonds is 12. The van der Waals surface area contributed by atoms with Gasteiger partial charge in [-0.3, -0.25) is 14.2 Å². The SMILES string of the molecule is COc1cc(Cn2c(SCCC(=O)NCc3ccc(S(N)(=O)=O)cc3)nc3ccccc3c2=O)cc(OC)c1OC. The van der Waals surface area contributed by atoms with E-state index >= 15 is 0 Å². The molecule has 0 bridgehead atoms. The first-order valence-electron chi connectivity index (χ1n) is 12.4. The molecule has 4 rings (SSSR count). The van der Waals surface area contributed by atoms with Gasteiger partial charge in [-0.25, -0.2) is 18.5 Å². The van der Waals surface area contributed by atoms with Crippen LogP contribution in [0.2, 0.25) is 0 Å². The third-order valence-corrected chi connectivity index (χ3v) is 8.10. The van der Waals surface area contributed by atoms with Gasteiger partial charge in [-0.15, -0.1) is 0 Å². The first-order chi connectivity index (χ1) is 19.6. The monoisotopic (exact) mass is 598 g/mol. The standard InChI is InChI=1S/C28H30N4O7S2/c1-37-23-14-19(15-24(38-2)26(23)39-3)17-32-27(34)21-6-4-5-7-22(21)31-28(32)40-13-12-25(33)30-16-18-8-10-20(11-9-18)41(29,35)36/h4-11,14-15H,12-13,16-17H2,1-3H3,(H,30,33)(H2,29,35,36). The van der Waals surface area contributed by atoms with Crippen molar-refractivity contribution in [2.75, 3.05) is 27.1 Å². The van der Waals surface area contributed by atoms with Crippen molar-refractivity contribution in [3.05, 3.63) is 82.1 Å². The molecule has 0 fully saturated rings. The number of primary sulfonamides is 1. The molecule has 13 heteroatoms. The summed E-state index contributed by atoms with van der Waals surface area (Å²) in [5.41, 5.74) is 1.83. The third kappa shape index (κ3) is 7.17. The molecule has 0 radical (unpaired) electrons. The summed E-state index contributed by atoms with van der Waals surface area (Å²) in [5.74, 6) is 1.55. The number of hydrogen-bond acceptors (Lipinski definition) is 9. The van der Waals surface area contributed by atoms with Crippen LogP contribution >= 0.6 is 11.8 Å². The molecule has 1 amide bonds. The molecule has 1 aromatic heterocycles. The van der Waals surface area contributed by atoms with Crippen LogP contribution in [0, 0.1) is 0 Å². The van der Waals surface area contributed by atoms with E-state index in [9.17, 15) is 18.0 Å². The minimum absolute atomic E-state index is 0.00411. The number of fused-ring (bicyclic) bond motifs is 1. The van der Waals surface area contributed by atoms with Crippen LogP contribution < -0.4 is 30.2 Å². The highest BCUT2D eigenvalue weighted by Crippen LogP contribution is 2.38. The number of ether oxygens (including phenoxy) is 3. The zero-order valence-electron chi connectivity index (χ0n) is 22.7. The molecule has 0 atom stereocenters. The van der Waals surface area contributed by atoms with E-state index in [1.165, 1.54) is 45.2 Å². The van der Waals surface area contributed by atoms with Crippen LogP contribution in [0.5, 0.6) is 17.2 Å². The smallest absolute Gasteiger partial charge is 0.262 e.